The average Bonchev–Trinajstić information content (AvgIpc) is 3.01. The standard InChI is InChI=1S/C15H12N4O2/c1-10-3-2-4-13(9-10)21-15(20)12-7-5-11(6-8-12)14-16-18-19-17-14/h2-9H,1H3,(H,16,17,18,19). The minimum Gasteiger partial charge on any atom is -0.423 e. The summed E-state index contributed by atoms with van der Waals surface area (Å²) in [6.07, 6.45) is 0. The van der Waals surface area contributed by atoms with Gasteiger partial charge < -0.3 is 4.74 Å². The van der Waals surface area contributed by atoms with Crippen molar-refractivity contribution in [2.24, 2.45) is 0 Å². The lowest BCUT2D eigenvalue weighted by Gasteiger charge is -2.05. The number of nitrogens with one attached hydrogen (secondary N) is 1. The SMILES string of the molecule is Cc1cccc(OC(=O)c2ccc(-c3nn[nH]n3)cc2)c1. The van der Waals surface area contributed by atoms with Crippen molar-refractivity contribution in [1.82, 2.24) is 20.6 Å². The number of hydrogen-bond donors (Lipinski definition) is 1. The quantitative estimate of drug-likeness (QED) is 0.588. The number of ether oxygens (including phenoxy) is 1. The van der Waals surface area contributed by atoms with Crippen LogP contribution in [0.5, 0.6) is 5.75 Å². The molecule has 0 unspecified atom stereocenters. The Morgan fingerprint density at radius 1 is 1.14 bits per heavy atom. The van der Waals surface area contributed by atoms with E-state index in [2.05, 4.69) is 20.6 Å². The van der Waals surface area contributed by atoms with Crippen LogP contribution in [-0.2, 0) is 0 Å². The number of aryl methyl sites for hydroxylation is 1. The van der Waals surface area contributed by atoms with E-state index in [9.17, 15) is 4.79 Å². The summed E-state index contributed by atoms with van der Waals surface area (Å²) in [5.74, 6) is 0.608. The molecule has 0 saturated carbocycles. The number of hydrogen-bond acceptors (Lipinski definition) is 5. The summed E-state index contributed by atoms with van der Waals surface area (Å²) in [5.41, 5.74) is 2.27. The van der Waals surface area contributed by atoms with Crippen molar-refractivity contribution >= 4 is 5.97 Å². The van der Waals surface area contributed by atoms with Crippen LogP contribution in [0.1, 0.15) is 15.9 Å². The third-order valence-corrected chi connectivity index (χ3v) is 2.92. The number of rotatable bonds is 3. The number of benzene rings is 2. The number of carbonyl (C=O) groups excluding carboxylic acids is 1. The Labute approximate surface area is 120 Å². The Balaban J connectivity index is 1.76. The molecule has 2 aromatic carbocycles. The van der Waals surface area contributed by atoms with Crippen molar-refractivity contribution < 1.29 is 9.53 Å². The first-order chi connectivity index (χ1) is 10.2. The van der Waals surface area contributed by atoms with Crippen LogP contribution in [-0.4, -0.2) is 26.6 Å². The monoisotopic (exact) mass is 280 g/mol. The largest absolute Gasteiger partial charge is 0.423 e. The third-order valence-electron chi connectivity index (χ3n) is 2.92. The Hall–Kier alpha value is -3.02. The average molecular weight is 280 g/mol. The molecule has 3 aromatic rings. The number of tetrazole rings is 1. The smallest absolute Gasteiger partial charge is 0.343 e. The van der Waals surface area contributed by atoms with Gasteiger partial charge in [-0.2, -0.15) is 5.21 Å². The lowest BCUT2D eigenvalue weighted by molar-refractivity contribution is 0.0735. The first kappa shape index (κ1) is 13.0. The molecule has 0 amide bonds. The van der Waals surface area contributed by atoms with Crippen LogP contribution in [0.25, 0.3) is 11.4 Å². The number of carbonyl (C=O) groups is 1. The Kier molecular flexibility index (Phi) is 3.42. The molecule has 104 valence electrons. The Morgan fingerprint density at radius 2 is 1.95 bits per heavy atom. The predicted molar refractivity (Wildman–Crippen MR) is 75.8 cm³/mol. The first-order valence-electron chi connectivity index (χ1n) is 6.35. The van der Waals surface area contributed by atoms with Gasteiger partial charge in [0.25, 0.3) is 0 Å². The molecular weight excluding hydrogens is 268 g/mol. The number of nitrogens with zero attached hydrogens (tertiary/aromatic N) is 3. The van der Waals surface area contributed by atoms with E-state index in [1.165, 1.54) is 0 Å². The van der Waals surface area contributed by atoms with Crippen LogP contribution in [0.3, 0.4) is 0 Å². The van der Waals surface area contributed by atoms with Gasteiger partial charge in [0.05, 0.1) is 5.56 Å². The van der Waals surface area contributed by atoms with Crippen LogP contribution >= 0.6 is 0 Å². The van der Waals surface area contributed by atoms with Crippen molar-refractivity contribution in [3.05, 3.63) is 59.7 Å². The van der Waals surface area contributed by atoms with Gasteiger partial charge >= 0.3 is 5.97 Å². The van der Waals surface area contributed by atoms with Crippen molar-refractivity contribution in [3.63, 3.8) is 0 Å². The van der Waals surface area contributed by atoms with Gasteiger partial charge in [0.1, 0.15) is 5.75 Å². The maximum absolute atomic E-state index is 12.1. The summed E-state index contributed by atoms with van der Waals surface area (Å²) in [6.45, 7) is 1.94. The highest BCUT2D eigenvalue weighted by molar-refractivity contribution is 5.91. The van der Waals surface area contributed by atoms with E-state index in [4.69, 9.17) is 4.74 Å². The Morgan fingerprint density at radius 3 is 2.62 bits per heavy atom. The molecule has 6 nitrogen and oxygen atoms in total. The second-order valence-corrected chi connectivity index (χ2v) is 4.52. The molecule has 0 spiro atoms. The van der Waals surface area contributed by atoms with Gasteiger partial charge in [0, 0.05) is 5.56 Å². The molecule has 1 aromatic heterocycles. The molecule has 1 heterocycles. The molecule has 1 N–H and O–H groups in total. The summed E-state index contributed by atoms with van der Waals surface area (Å²) >= 11 is 0. The fourth-order valence-electron chi connectivity index (χ4n) is 1.88. The van der Waals surface area contributed by atoms with Gasteiger partial charge in [-0.1, -0.05) is 24.3 Å². The van der Waals surface area contributed by atoms with Crippen molar-refractivity contribution in [2.75, 3.05) is 0 Å². The summed E-state index contributed by atoms with van der Waals surface area (Å²) in [5, 5.41) is 13.6. The molecule has 0 aliphatic carbocycles. The van der Waals surface area contributed by atoms with Crippen molar-refractivity contribution in [2.45, 2.75) is 6.92 Å². The molecule has 0 bridgehead atoms. The number of aromatic nitrogens is 4. The zero-order valence-electron chi connectivity index (χ0n) is 11.3. The fourth-order valence-corrected chi connectivity index (χ4v) is 1.88. The second-order valence-electron chi connectivity index (χ2n) is 4.52. The first-order valence-corrected chi connectivity index (χ1v) is 6.35. The highest BCUT2D eigenvalue weighted by Gasteiger charge is 2.10. The van der Waals surface area contributed by atoms with Gasteiger partial charge in [-0.15, -0.1) is 10.2 Å². The van der Waals surface area contributed by atoms with E-state index < -0.39 is 5.97 Å². The minimum atomic E-state index is -0.403. The molecule has 0 fully saturated rings. The molecule has 21 heavy (non-hydrogen) atoms. The number of aromatic amines is 1. The third kappa shape index (κ3) is 2.94. The van der Waals surface area contributed by atoms with Gasteiger partial charge in [-0.25, -0.2) is 4.79 Å². The normalized spacial score (nSPS) is 10.3. The molecule has 0 aliphatic heterocycles. The van der Waals surface area contributed by atoms with Gasteiger partial charge in [-0.3, -0.25) is 0 Å². The summed E-state index contributed by atoms with van der Waals surface area (Å²) in [6, 6.07) is 14.2. The summed E-state index contributed by atoms with van der Waals surface area (Å²) < 4.78 is 5.32. The highest BCUT2D eigenvalue weighted by Crippen LogP contribution is 2.17. The molecule has 0 saturated heterocycles. The van der Waals surface area contributed by atoms with Crippen LogP contribution < -0.4 is 4.74 Å². The number of H-pyrrole nitrogens is 1. The molecule has 0 atom stereocenters. The van der Waals surface area contributed by atoms with E-state index in [0.717, 1.165) is 11.1 Å². The Bertz CT molecular complexity index is 752. The van der Waals surface area contributed by atoms with E-state index in [1.54, 1.807) is 30.3 Å². The molecule has 0 aliphatic rings. The van der Waals surface area contributed by atoms with Gasteiger partial charge in [0.15, 0.2) is 0 Å². The van der Waals surface area contributed by atoms with Crippen molar-refractivity contribution in [3.8, 4) is 17.1 Å². The number of esters is 1. The molecule has 6 heteroatoms. The lowest BCUT2D eigenvalue weighted by Crippen LogP contribution is -2.08. The van der Waals surface area contributed by atoms with E-state index >= 15 is 0 Å². The lowest BCUT2D eigenvalue weighted by atomic mass is 10.1. The van der Waals surface area contributed by atoms with Crippen molar-refractivity contribution in [1.29, 1.82) is 0 Å². The zero-order valence-corrected chi connectivity index (χ0v) is 11.3. The molecule has 3 rings (SSSR count). The zero-order chi connectivity index (χ0) is 14.7. The van der Waals surface area contributed by atoms with Gasteiger partial charge in [-0.05, 0) is 42.0 Å². The van der Waals surface area contributed by atoms with Gasteiger partial charge in [0.2, 0.25) is 5.82 Å². The van der Waals surface area contributed by atoms with E-state index in [-0.39, 0.29) is 0 Å². The fraction of sp³-hybridized carbons (Fsp3) is 0.0667. The molecule has 0 radical (unpaired) electrons. The van der Waals surface area contributed by atoms with E-state index in [0.29, 0.717) is 17.1 Å². The maximum Gasteiger partial charge on any atom is 0.343 e. The maximum atomic E-state index is 12.1. The predicted octanol–water partition coefficient (Wildman–Crippen LogP) is 2.39. The van der Waals surface area contributed by atoms with Crippen LogP contribution in [0.4, 0.5) is 0 Å². The summed E-state index contributed by atoms with van der Waals surface area (Å²) in [4.78, 5) is 12.1. The minimum absolute atomic E-state index is 0.403. The summed E-state index contributed by atoms with van der Waals surface area (Å²) in [7, 11) is 0. The molecular formula is C15H12N4O2. The van der Waals surface area contributed by atoms with Crippen LogP contribution in [0.2, 0.25) is 0 Å². The topological polar surface area (TPSA) is 80.8 Å². The van der Waals surface area contributed by atoms with E-state index in [1.807, 2.05) is 25.1 Å². The van der Waals surface area contributed by atoms with Crippen LogP contribution in [0.15, 0.2) is 48.5 Å². The highest BCUT2D eigenvalue weighted by atomic mass is 16.5. The second kappa shape index (κ2) is 5.54. The van der Waals surface area contributed by atoms with Crippen LogP contribution in [0, 0.1) is 6.92 Å².